The fraction of sp³-hybridized carbons (Fsp3) is 0.389. The summed E-state index contributed by atoms with van der Waals surface area (Å²) < 4.78 is 0. The Labute approximate surface area is 136 Å². The Bertz CT molecular complexity index is 693. The molecule has 2 aromatic rings. The highest BCUT2D eigenvalue weighted by Gasteiger charge is 2.18. The number of aromatic nitrogens is 2. The monoisotopic (exact) mass is 310 g/mol. The van der Waals surface area contributed by atoms with Gasteiger partial charge in [-0.15, -0.1) is 0 Å². The molecule has 0 spiro atoms. The quantitative estimate of drug-likeness (QED) is 0.945. The number of anilines is 2. The number of amides is 1. The molecule has 1 aromatic heterocycles. The summed E-state index contributed by atoms with van der Waals surface area (Å²) in [7, 11) is 0. The Morgan fingerprint density at radius 1 is 1.22 bits per heavy atom. The first kappa shape index (κ1) is 15.5. The molecule has 1 N–H and O–H groups in total. The van der Waals surface area contributed by atoms with Gasteiger partial charge in [0.25, 0.3) is 5.91 Å². The number of nitrogens with zero attached hydrogens (tertiary/aromatic N) is 3. The van der Waals surface area contributed by atoms with Gasteiger partial charge in [-0.2, -0.15) is 0 Å². The zero-order valence-electron chi connectivity index (χ0n) is 13.6. The van der Waals surface area contributed by atoms with Gasteiger partial charge in [0.05, 0.1) is 0 Å². The van der Waals surface area contributed by atoms with Gasteiger partial charge in [-0.25, -0.2) is 9.97 Å². The lowest BCUT2D eigenvalue weighted by Crippen LogP contribution is -2.33. The largest absolute Gasteiger partial charge is 0.356 e. The predicted octanol–water partition coefficient (Wildman–Crippen LogP) is 3.27. The molecule has 5 nitrogen and oxygen atoms in total. The Morgan fingerprint density at radius 2 is 1.96 bits per heavy atom. The zero-order valence-corrected chi connectivity index (χ0v) is 13.6. The number of rotatable bonds is 3. The molecule has 120 valence electrons. The molecule has 0 aliphatic carbocycles. The first-order valence-electron chi connectivity index (χ1n) is 8.07. The fourth-order valence-electron chi connectivity index (χ4n) is 2.84. The molecule has 2 heterocycles. The molecule has 23 heavy (non-hydrogen) atoms. The summed E-state index contributed by atoms with van der Waals surface area (Å²) in [6, 6.07) is 9.38. The number of nitrogens with one attached hydrogen (secondary N) is 1. The van der Waals surface area contributed by atoms with Crippen LogP contribution in [0.4, 0.5) is 11.6 Å². The lowest BCUT2D eigenvalue weighted by Gasteiger charge is -2.31. The van der Waals surface area contributed by atoms with E-state index in [1.54, 1.807) is 0 Å². The van der Waals surface area contributed by atoms with Crippen molar-refractivity contribution < 1.29 is 4.79 Å². The van der Waals surface area contributed by atoms with E-state index >= 15 is 0 Å². The number of carbonyl (C=O) groups is 1. The van der Waals surface area contributed by atoms with Crippen molar-refractivity contribution in [1.82, 2.24) is 9.97 Å². The predicted molar refractivity (Wildman–Crippen MR) is 91.8 cm³/mol. The van der Waals surface area contributed by atoms with Gasteiger partial charge in [0, 0.05) is 24.7 Å². The third-order valence-corrected chi connectivity index (χ3v) is 4.39. The zero-order chi connectivity index (χ0) is 16.2. The normalized spacial score (nSPS) is 15.5. The summed E-state index contributed by atoms with van der Waals surface area (Å²) in [5.74, 6) is 2.06. The van der Waals surface area contributed by atoms with Crippen LogP contribution in [-0.4, -0.2) is 29.0 Å². The van der Waals surface area contributed by atoms with Crippen LogP contribution >= 0.6 is 0 Å². The molecule has 0 atom stereocenters. The highest BCUT2D eigenvalue weighted by molar-refractivity contribution is 6.04. The standard InChI is InChI=1S/C18H22N4O/c1-13-7-9-22(10-8-13)17-11-16(19-12-20-17)21-18(23)15-6-4-3-5-14(15)2/h3-6,11-13H,7-10H2,1-2H3,(H,19,20,21,23). The van der Waals surface area contributed by atoms with Gasteiger partial charge in [0.2, 0.25) is 0 Å². The second kappa shape index (κ2) is 6.77. The van der Waals surface area contributed by atoms with Crippen LogP contribution in [0.15, 0.2) is 36.7 Å². The maximum absolute atomic E-state index is 12.4. The number of hydrogen-bond donors (Lipinski definition) is 1. The summed E-state index contributed by atoms with van der Waals surface area (Å²) >= 11 is 0. The van der Waals surface area contributed by atoms with E-state index in [4.69, 9.17) is 0 Å². The SMILES string of the molecule is Cc1ccccc1C(=O)Nc1cc(N2CCC(C)CC2)ncn1. The highest BCUT2D eigenvalue weighted by Crippen LogP contribution is 2.22. The average molecular weight is 310 g/mol. The van der Waals surface area contributed by atoms with E-state index in [2.05, 4.69) is 27.1 Å². The summed E-state index contributed by atoms with van der Waals surface area (Å²) in [6.07, 6.45) is 3.87. The van der Waals surface area contributed by atoms with Gasteiger partial charge in [-0.1, -0.05) is 25.1 Å². The maximum atomic E-state index is 12.4. The lowest BCUT2D eigenvalue weighted by molar-refractivity contribution is 0.102. The summed E-state index contributed by atoms with van der Waals surface area (Å²) in [5.41, 5.74) is 1.61. The first-order chi connectivity index (χ1) is 11.1. The molecule has 1 aromatic carbocycles. The third kappa shape index (κ3) is 3.67. The number of benzene rings is 1. The van der Waals surface area contributed by atoms with E-state index in [0.717, 1.165) is 30.4 Å². The van der Waals surface area contributed by atoms with Crippen LogP contribution in [-0.2, 0) is 0 Å². The van der Waals surface area contributed by atoms with Crippen LogP contribution in [0.1, 0.15) is 35.7 Å². The molecule has 1 fully saturated rings. The maximum Gasteiger partial charge on any atom is 0.257 e. The van der Waals surface area contributed by atoms with Crippen LogP contribution in [0.3, 0.4) is 0 Å². The van der Waals surface area contributed by atoms with E-state index in [-0.39, 0.29) is 5.91 Å². The van der Waals surface area contributed by atoms with Crippen LogP contribution in [0.5, 0.6) is 0 Å². The van der Waals surface area contributed by atoms with Crippen LogP contribution < -0.4 is 10.2 Å². The minimum absolute atomic E-state index is 0.139. The summed E-state index contributed by atoms with van der Waals surface area (Å²) in [5, 5.41) is 2.87. The summed E-state index contributed by atoms with van der Waals surface area (Å²) in [6.45, 7) is 6.22. The Balaban J connectivity index is 1.73. The molecule has 0 saturated carbocycles. The van der Waals surface area contributed by atoms with Crippen LogP contribution in [0, 0.1) is 12.8 Å². The molecule has 0 bridgehead atoms. The third-order valence-electron chi connectivity index (χ3n) is 4.39. The van der Waals surface area contributed by atoms with Crippen molar-refractivity contribution in [2.24, 2.45) is 5.92 Å². The Hall–Kier alpha value is -2.43. The van der Waals surface area contributed by atoms with Crippen LogP contribution in [0.2, 0.25) is 0 Å². The van der Waals surface area contributed by atoms with Crippen molar-refractivity contribution >= 4 is 17.5 Å². The van der Waals surface area contributed by atoms with Crippen LogP contribution in [0.25, 0.3) is 0 Å². The topological polar surface area (TPSA) is 58.1 Å². The highest BCUT2D eigenvalue weighted by atomic mass is 16.1. The smallest absolute Gasteiger partial charge is 0.257 e. The van der Waals surface area contributed by atoms with Gasteiger partial charge in [-0.05, 0) is 37.3 Å². The van der Waals surface area contributed by atoms with E-state index in [9.17, 15) is 4.79 Å². The molecule has 1 saturated heterocycles. The van der Waals surface area contributed by atoms with Gasteiger partial charge in [0.1, 0.15) is 18.0 Å². The van der Waals surface area contributed by atoms with E-state index < -0.39 is 0 Å². The number of piperidine rings is 1. The minimum atomic E-state index is -0.139. The van der Waals surface area contributed by atoms with Crippen molar-refractivity contribution in [3.8, 4) is 0 Å². The van der Waals surface area contributed by atoms with Crippen molar-refractivity contribution in [2.45, 2.75) is 26.7 Å². The van der Waals surface area contributed by atoms with E-state index in [1.165, 1.54) is 19.2 Å². The molecule has 1 aliphatic rings. The molecule has 5 heteroatoms. The molecule has 3 rings (SSSR count). The second-order valence-corrected chi connectivity index (χ2v) is 6.20. The molecular weight excluding hydrogens is 288 g/mol. The molecular formula is C18H22N4O. The van der Waals surface area contributed by atoms with Crippen molar-refractivity contribution in [2.75, 3.05) is 23.3 Å². The Kier molecular flexibility index (Phi) is 4.55. The van der Waals surface area contributed by atoms with E-state index in [1.807, 2.05) is 37.3 Å². The van der Waals surface area contributed by atoms with Gasteiger partial charge < -0.3 is 10.2 Å². The number of carbonyl (C=O) groups excluding carboxylic acids is 1. The number of hydrogen-bond acceptors (Lipinski definition) is 4. The van der Waals surface area contributed by atoms with E-state index in [0.29, 0.717) is 11.4 Å². The second-order valence-electron chi connectivity index (χ2n) is 6.20. The van der Waals surface area contributed by atoms with Crippen molar-refractivity contribution in [1.29, 1.82) is 0 Å². The van der Waals surface area contributed by atoms with Gasteiger partial charge >= 0.3 is 0 Å². The molecule has 0 radical (unpaired) electrons. The number of aryl methyl sites for hydroxylation is 1. The lowest BCUT2D eigenvalue weighted by atomic mass is 9.99. The van der Waals surface area contributed by atoms with Crippen molar-refractivity contribution in [3.05, 3.63) is 47.8 Å². The molecule has 0 unspecified atom stereocenters. The van der Waals surface area contributed by atoms with Gasteiger partial charge in [0.15, 0.2) is 0 Å². The van der Waals surface area contributed by atoms with Crippen molar-refractivity contribution in [3.63, 3.8) is 0 Å². The Morgan fingerprint density at radius 3 is 2.70 bits per heavy atom. The van der Waals surface area contributed by atoms with Gasteiger partial charge in [-0.3, -0.25) is 4.79 Å². The summed E-state index contributed by atoms with van der Waals surface area (Å²) in [4.78, 5) is 23.2. The molecule has 1 amide bonds. The average Bonchev–Trinajstić information content (AvgIpc) is 2.56. The first-order valence-corrected chi connectivity index (χ1v) is 8.07. The fourth-order valence-corrected chi connectivity index (χ4v) is 2.84. The minimum Gasteiger partial charge on any atom is -0.356 e. The molecule has 1 aliphatic heterocycles.